The molecule has 7 heteroatoms. The second-order valence-corrected chi connectivity index (χ2v) is 5.94. The molecule has 0 bridgehead atoms. The Hall–Kier alpha value is -2.70. The van der Waals surface area contributed by atoms with E-state index >= 15 is 0 Å². The van der Waals surface area contributed by atoms with Crippen LogP contribution in [0.2, 0.25) is 0 Å². The molecular formula is C18H18F2N2O3. The summed E-state index contributed by atoms with van der Waals surface area (Å²) < 4.78 is 31.5. The fourth-order valence-corrected chi connectivity index (χ4v) is 2.82. The fraction of sp³-hybridized carbons (Fsp3) is 0.333. The van der Waals surface area contributed by atoms with Crippen molar-refractivity contribution in [1.29, 1.82) is 0 Å². The topological polar surface area (TPSA) is 77.8 Å². The molecule has 1 atom stereocenters. The number of carbonyl (C=O) groups is 1. The number of primary amides is 1. The van der Waals surface area contributed by atoms with Crippen molar-refractivity contribution in [3.05, 3.63) is 59.1 Å². The predicted molar refractivity (Wildman–Crippen MR) is 86.9 cm³/mol. The van der Waals surface area contributed by atoms with Gasteiger partial charge in [-0.25, -0.2) is 8.78 Å². The van der Waals surface area contributed by atoms with Crippen LogP contribution in [0.1, 0.15) is 36.1 Å². The van der Waals surface area contributed by atoms with Crippen molar-refractivity contribution in [3.63, 3.8) is 0 Å². The largest absolute Gasteiger partial charge is 0.469 e. The maximum Gasteiger partial charge on any atom is 0.261 e. The van der Waals surface area contributed by atoms with Crippen molar-refractivity contribution in [3.8, 4) is 0 Å². The molecule has 1 amide bonds. The molecule has 0 saturated heterocycles. The van der Waals surface area contributed by atoms with Crippen LogP contribution in [0.5, 0.6) is 0 Å². The van der Waals surface area contributed by atoms with Gasteiger partial charge in [0.05, 0.1) is 12.0 Å². The first-order chi connectivity index (χ1) is 12.0. The van der Waals surface area contributed by atoms with Gasteiger partial charge in [-0.05, 0) is 49.1 Å². The van der Waals surface area contributed by atoms with E-state index in [4.69, 9.17) is 15.0 Å². The fourth-order valence-electron chi connectivity index (χ4n) is 2.82. The van der Waals surface area contributed by atoms with Crippen LogP contribution in [-0.2, 0) is 22.5 Å². The summed E-state index contributed by atoms with van der Waals surface area (Å²) in [7, 11) is 0. The zero-order chi connectivity index (χ0) is 17.8. The normalized spacial score (nSPS) is 18.5. The van der Waals surface area contributed by atoms with Gasteiger partial charge in [-0.3, -0.25) is 4.79 Å². The maximum absolute atomic E-state index is 13.3. The Morgan fingerprint density at radius 2 is 2.00 bits per heavy atom. The summed E-state index contributed by atoms with van der Waals surface area (Å²) in [6, 6.07) is 5.08. The number of halogens is 2. The highest BCUT2D eigenvalue weighted by atomic mass is 19.1. The number of carbonyl (C=O) groups excluding carboxylic acids is 1. The smallest absolute Gasteiger partial charge is 0.261 e. The average molecular weight is 348 g/mol. The van der Waals surface area contributed by atoms with Crippen LogP contribution in [0.15, 0.2) is 40.1 Å². The van der Waals surface area contributed by atoms with Crippen LogP contribution in [-0.4, -0.2) is 17.7 Å². The van der Waals surface area contributed by atoms with Crippen molar-refractivity contribution in [2.75, 3.05) is 0 Å². The van der Waals surface area contributed by atoms with Crippen LogP contribution in [0.25, 0.3) is 0 Å². The highest BCUT2D eigenvalue weighted by molar-refractivity contribution is 6.04. The summed E-state index contributed by atoms with van der Waals surface area (Å²) in [5, 5.41) is 3.52. The van der Waals surface area contributed by atoms with E-state index in [2.05, 4.69) is 11.2 Å². The first kappa shape index (κ1) is 17.1. The Morgan fingerprint density at radius 1 is 1.20 bits per heavy atom. The van der Waals surface area contributed by atoms with E-state index in [-0.39, 0.29) is 17.7 Å². The van der Waals surface area contributed by atoms with Crippen LogP contribution >= 0.6 is 0 Å². The van der Waals surface area contributed by atoms with Crippen molar-refractivity contribution in [2.24, 2.45) is 10.9 Å². The molecule has 132 valence electrons. The van der Waals surface area contributed by atoms with E-state index in [1.807, 2.05) is 0 Å². The van der Waals surface area contributed by atoms with Gasteiger partial charge in [-0.2, -0.15) is 0 Å². The molecule has 1 aromatic carbocycles. The number of hydrogen-bond acceptors (Lipinski definition) is 4. The average Bonchev–Trinajstić information content (AvgIpc) is 3.26. The Bertz CT molecular complexity index is 781. The minimum absolute atomic E-state index is 0.0104. The summed E-state index contributed by atoms with van der Waals surface area (Å²) in [6.45, 7) is 0. The molecule has 0 fully saturated rings. The van der Waals surface area contributed by atoms with Crippen LogP contribution in [0.4, 0.5) is 8.78 Å². The highest BCUT2D eigenvalue weighted by Gasteiger charge is 2.28. The lowest BCUT2D eigenvalue weighted by molar-refractivity contribution is -0.127. The molecule has 1 unspecified atom stereocenters. The van der Waals surface area contributed by atoms with Gasteiger partial charge in [0.1, 0.15) is 17.4 Å². The van der Waals surface area contributed by atoms with Crippen molar-refractivity contribution < 1.29 is 22.8 Å². The van der Waals surface area contributed by atoms with E-state index in [0.717, 1.165) is 24.6 Å². The molecule has 1 aliphatic carbocycles. The molecule has 25 heavy (non-hydrogen) atoms. The van der Waals surface area contributed by atoms with Crippen LogP contribution < -0.4 is 5.73 Å². The maximum atomic E-state index is 13.3. The Kier molecular flexibility index (Phi) is 5.11. The molecule has 2 heterocycles. The van der Waals surface area contributed by atoms with Gasteiger partial charge in [-0.15, -0.1) is 0 Å². The van der Waals surface area contributed by atoms with Crippen molar-refractivity contribution >= 4 is 11.6 Å². The van der Waals surface area contributed by atoms with E-state index in [0.29, 0.717) is 0 Å². The number of hydrogen-bond donors (Lipinski definition) is 1. The first-order valence-electron chi connectivity index (χ1n) is 8.07. The van der Waals surface area contributed by atoms with E-state index in [1.165, 1.54) is 30.6 Å². The summed E-state index contributed by atoms with van der Waals surface area (Å²) >= 11 is 0. The number of furan rings is 1. The Morgan fingerprint density at radius 3 is 2.72 bits per heavy atom. The van der Waals surface area contributed by atoms with E-state index in [1.54, 1.807) is 6.26 Å². The monoisotopic (exact) mass is 348 g/mol. The second-order valence-electron chi connectivity index (χ2n) is 5.94. The lowest BCUT2D eigenvalue weighted by Crippen LogP contribution is -2.28. The van der Waals surface area contributed by atoms with Crippen LogP contribution in [0, 0.1) is 11.6 Å². The molecule has 1 aromatic heterocycles. The number of oxime groups is 1. The zero-order valence-electron chi connectivity index (χ0n) is 13.5. The summed E-state index contributed by atoms with van der Waals surface area (Å²) in [5.74, 6) is -0.660. The summed E-state index contributed by atoms with van der Waals surface area (Å²) in [6.07, 6.45) is 5.98. The minimum atomic E-state index is -0.905. The molecule has 5 nitrogen and oxygen atoms in total. The standard InChI is InChI=1S/C10H8F2N2O2.C8H10O/c11-5-1-2-7(12)6(3-5)8-4-9(10(13)15)16-14-8;1-2-4-8-7(3-1)5-6-9-8/h1-3,9H,4H2,(H2,13,15);5-6H,1-4H2. The molecule has 2 aliphatic rings. The molecule has 0 saturated carbocycles. The number of aryl methyl sites for hydroxylation is 2. The summed E-state index contributed by atoms with van der Waals surface area (Å²) in [5.41, 5.74) is 6.60. The van der Waals surface area contributed by atoms with Gasteiger partial charge in [0.2, 0.25) is 6.10 Å². The third kappa shape index (κ3) is 4.04. The lowest BCUT2D eigenvalue weighted by atomic mass is 9.99. The van der Waals surface area contributed by atoms with Gasteiger partial charge < -0.3 is 15.0 Å². The number of amides is 1. The number of nitrogens with two attached hydrogens (primary N) is 1. The highest BCUT2D eigenvalue weighted by Crippen LogP contribution is 2.21. The molecule has 0 spiro atoms. The summed E-state index contributed by atoms with van der Waals surface area (Å²) in [4.78, 5) is 15.5. The van der Waals surface area contributed by atoms with Gasteiger partial charge in [0.15, 0.2) is 0 Å². The second kappa shape index (κ2) is 7.46. The zero-order valence-corrected chi connectivity index (χ0v) is 13.5. The van der Waals surface area contributed by atoms with Gasteiger partial charge >= 0.3 is 0 Å². The predicted octanol–water partition coefficient (Wildman–Crippen LogP) is 3.10. The minimum Gasteiger partial charge on any atom is -0.469 e. The molecule has 1 aliphatic heterocycles. The quantitative estimate of drug-likeness (QED) is 0.906. The number of fused-ring (bicyclic) bond motifs is 1. The lowest BCUT2D eigenvalue weighted by Gasteiger charge is -2.07. The molecular weight excluding hydrogens is 330 g/mol. The van der Waals surface area contributed by atoms with Gasteiger partial charge in [0, 0.05) is 18.4 Å². The molecule has 4 rings (SSSR count). The van der Waals surface area contributed by atoms with Crippen LogP contribution in [0.3, 0.4) is 0 Å². The van der Waals surface area contributed by atoms with Gasteiger partial charge in [-0.1, -0.05) is 5.16 Å². The molecule has 2 aromatic rings. The van der Waals surface area contributed by atoms with E-state index < -0.39 is 23.6 Å². The number of rotatable bonds is 2. The Labute approximate surface area is 143 Å². The first-order valence-corrected chi connectivity index (χ1v) is 8.07. The van der Waals surface area contributed by atoms with E-state index in [9.17, 15) is 13.6 Å². The van der Waals surface area contributed by atoms with Crippen molar-refractivity contribution in [2.45, 2.75) is 38.2 Å². The van der Waals surface area contributed by atoms with Gasteiger partial charge in [0.25, 0.3) is 5.91 Å². The molecule has 0 radical (unpaired) electrons. The number of nitrogens with zero attached hydrogens (tertiary/aromatic N) is 1. The third-order valence-corrected chi connectivity index (χ3v) is 4.16. The number of benzene rings is 1. The SMILES string of the molecule is NC(=O)C1CC(c2cc(F)ccc2F)=NO1.c1cc2c(o1)CCCC2. The molecule has 2 N–H and O–H groups in total. The Balaban J connectivity index is 0.000000170. The third-order valence-electron chi connectivity index (χ3n) is 4.16. The van der Waals surface area contributed by atoms with Crippen molar-refractivity contribution in [1.82, 2.24) is 0 Å².